The third-order valence-electron chi connectivity index (χ3n) is 3.28. The average molecular weight is 296 g/mol. The first kappa shape index (κ1) is 13.9. The molecule has 22 heavy (non-hydrogen) atoms. The van der Waals surface area contributed by atoms with Gasteiger partial charge >= 0.3 is 0 Å². The zero-order valence-corrected chi connectivity index (χ0v) is 12.4. The number of nitrogens with zero attached hydrogens (tertiary/aromatic N) is 7. The zero-order valence-electron chi connectivity index (χ0n) is 12.4. The van der Waals surface area contributed by atoms with Crippen LogP contribution in [0.2, 0.25) is 0 Å². The fraction of sp³-hybridized carbons (Fsp3) is 0.214. The molecule has 1 aliphatic heterocycles. The molecule has 0 saturated carbocycles. The third kappa shape index (κ3) is 2.46. The van der Waals surface area contributed by atoms with Gasteiger partial charge in [-0.25, -0.2) is 15.2 Å². The standard InChI is InChI=1S/C14H14N7O/c1-9-12(8-10-4-6-11(7-5-10)20(2)3)13(22)21(17-9)14-15-18-19-16-14/h4-8H,1-3H3/q-1/b12-8+. The minimum atomic E-state index is -0.288. The Labute approximate surface area is 127 Å². The normalized spacial score (nSPS) is 16.3. The van der Waals surface area contributed by atoms with Gasteiger partial charge in [-0.3, -0.25) is 9.89 Å². The van der Waals surface area contributed by atoms with E-state index in [1.807, 2.05) is 43.3 Å². The van der Waals surface area contributed by atoms with Crippen molar-refractivity contribution >= 4 is 29.3 Å². The molecular weight excluding hydrogens is 282 g/mol. The summed E-state index contributed by atoms with van der Waals surface area (Å²) >= 11 is 0. The molecule has 0 saturated heterocycles. The predicted octanol–water partition coefficient (Wildman–Crippen LogP) is 0.701. The molecule has 1 amide bonds. The number of aromatic nitrogens is 4. The van der Waals surface area contributed by atoms with Gasteiger partial charge < -0.3 is 4.90 Å². The fourth-order valence-corrected chi connectivity index (χ4v) is 2.08. The van der Waals surface area contributed by atoms with E-state index < -0.39 is 0 Å². The summed E-state index contributed by atoms with van der Waals surface area (Å²) in [5.74, 6) is -0.209. The van der Waals surface area contributed by atoms with Crippen LogP contribution in [0, 0.1) is 0 Å². The summed E-state index contributed by atoms with van der Waals surface area (Å²) in [7, 11) is 3.95. The molecule has 0 radical (unpaired) electrons. The van der Waals surface area contributed by atoms with Crippen molar-refractivity contribution < 1.29 is 4.79 Å². The first-order valence-corrected chi connectivity index (χ1v) is 6.64. The molecule has 0 unspecified atom stereocenters. The lowest BCUT2D eigenvalue weighted by Crippen LogP contribution is -2.23. The molecule has 0 fully saturated rings. The van der Waals surface area contributed by atoms with E-state index in [1.54, 1.807) is 13.0 Å². The summed E-state index contributed by atoms with van der Waals surface area (Å²) < 4.78 is 0. The summed E-state index contributed by atoms with van der Waals surface area (Å²) in [5.41, 5.74) is 3.12. The van der Waals surface area contributed by atoms with Crippen molar-refractivity contribution in [2.75, 3.05) is 24.0 Å². The fourth-order valence-electron chi connectivity index (χ4n) is 2.08. The van der Waals surface area contributed by atoms with Crippen molar-refractivity contribution in [3.05, 3.63) is 35.4 Å². The first-order valence-electron chi connectivity index (χ1n) is 6.64. The van der Waals surface area contributed by atoms with Crippen LogP contribution in [0.15, 0.2) is 34.9 Å². The van der Waals surface area contributed by atoms with Crippen molar-refractivity contribution in [2.45, 2.75) is 6.92 Å². The van der Waals surface area contributed by atoms with Gasteiger partial charge in [0.2, 0.25) is 5.91 Å². The minimum Gasteiger partial charge on any atom is -0.378 e. The molecule has 2 aromatic rings. The molecule has 3 rings (SSSR count). The molecule has 8 heteroatoms. The summed E-state index contributed by atoms with van der Waals surface area (Å²) in [4.78, 5) is 14.4. The van der Waals surface area contributed by atoms with Gasteiger partial charge in [-0.1, -0.05) is 12.1 Å². The van der Waals surface area contributed by atoms with E-state index in [1.165, 1.54) is 0 Å². The number of hydrogen-bond acceptors (Lipinski definition) is 6. The van der Waals surface area contributed by atoms with Crippen LogP contribution in [0.5, 0.6) is 0 Å². The van der Waals surface area contributed by atoms with Crippen LogP contribution in [-0.2, 0) is 4.79 Å². The van der Waals surface area contributed by atoms with E-state index in [2.05, 4.69) is 25.7 Å². The molecule has 0 spiro atoms. The van der Waals surface area contributed by atoms with Gasteiger partial charge in [-0.2, -0.15) is 5.21 Å². The summed E-state index contributed by atoms with van der Waals surface area (Å²) in [6, 6.07) is 7.88. The second kappa shape index (κ2) is 5.40. The van der Waals surface area contributed by atoms with Gasteiger partial charge in [-0.05, 0) is 30.7 Å². The van der Waals surface area contributed by atoms with Crippen LogP contribution in [-0.4, -0.2) is 41.2 Å². The lowest BCUT2D eigenvalue weighted by atomic mass is 10.1. The molecule has 1 aromatic carbocycles. The quantitative estimate of drug-likeness (QED) is 0.775. The van der Waals surface area contributed by atoms with Crippen LogP contribution in [0.1, 0.15) is 12.5 Å². The van der Waals surface area contributed by atoms with Crippen LogP contribution >= 0.6 is 0 Å². The molecule has 112 valence electrons. The molecule has 1 aliphatic rings. The highest BCUT2D eigenvalue weighted by Crippen LogP contribution is 2.22. The Morgan fingerprint density at radius 1 is 1.23 bits per heavy atom. The van der Waals surface area contributed by atoms with Crippen LogP contribution in [0.4, 0.5) is 11.6 Å². The van der Waals surface area contributed by atoms with Gasteiger partial charge in [0, 0.05) is 19.8 Å². The Balaban J connectivity index is 1.88. The van der Waals surface area contributed by atoms with Crippen molar-refractivity contribution in [2.24, 2.45) is 5.10 Å². The Kier molecular flexibility index (Phi) is 3.42. The highest BCUT2D eigenvalue weighted by atomic mass is 16.2. The number of tetrazole rings is 1. The minimum absolute atomic E-state index is 0.0794. The molecule has 0 bridgehead atoms. The molecule has 0 aliphatic carbocycles. The van der Waals surface area contributed by atoms with E-state index in [0.717, 1.165) is 16.3 Å². The molecule has 1 aromatic heterocycles. The second-order valence-electron chi connectivity index (χ2n) is 5.03. The molecule has 2 heterocycles. The van der Waals surface area contributed by atoms with Gasteiger partial charge in [0.05, 0.1) is 11.3 Å². The molecular formula is C14H14N7O-. The summed E-state index contributed by atoms with van der Waals surface area (Å²) in [6.07, 6.45) is 1.80. The van der Waals surface area contributed by atoms with Crippen LogP contribution < -0.4 is 15.0 Å². The Morgan fingerprint density at radius 2 is 1.95 bits per heavy atom. The lowest BCUT2D eigenvalue weighted by Gasteiger charge is -2.13. The average Bonchev–Trinajstić information content (AvgIpc) is 3.11. The van der Waals surface area contributed by atoms with Gasteiger partial charge in [-0.15, -0.1) is 5.21 Å². The number of carbonyl (C=O) groups is 1. The Bertz CT molecular complexity index is 744. The number of rotatable bonds is 3. The number of hydrazone groups is 1. The zero-order chi connectivity index (χ0) is 15.7. The van der Waals surface area contributed by atoms with E-state index in [-0.39, 0.29) is 11.9 Å². The maximum atomic E-state index is 12.4. The second-order valence-corrected chi connectivity index (χ2v) is 5.03. The van der Waals surface area contributed by atoms with Crippen LogP contribution in [0.3, 0.4) is 0 Å². The number of carbonyl (C=O) groups excluding carboxylic acids is 1. The maximum absolute atomic E-state index is 12.4. The summed E-state index contributed by atoms with van der Waals surface area (Å²) in [5, 5.41) is 19.3. The smallest absolute Gasteiger partial charge is 0.239 e. The van der Waals surface area contributed by atoms with Gasteiger partial charge in [0.15, 0.2) is 0 Å². The largest absolute Gasteiger partial charge is 0.378 e. The van der Waals surface area contributed by atoms with Crippen molar-refractivity contribution in [3.8, 4) is 0 Å². The van der Waals surface area contributed by atoms with Crippen LogP contribution in [0.25, 0.3) is 6.08 Å². The number of hydrogen-bond donors (Lipinski definition) is 0. The third-order valence-corrected chi connectivity index (χ3v) is 3.28. The predicted molar refractivity (Wildman–Crippen MR) is 82.5 cm³/mol. The van der Waals surface area contributed by atoms with Crippen molar-refractivity contribution in [1.29, 1.82) is 0 Å². The Hall–Kier alpha value is -3.03. The van der Waals surface area contributed by atoms with Gasteiger partial charge in [0.1, 0.15) is 5.95 Å². The maximum Gasteiger partial charge on any atom is 0.239 e. The molecule has 0 N–H and O–H groups in total. The van der Waals surface area contributed by atoms with E-state index in [0.29, 0.717) is 11.3 Å². The van der Waals surface area contributed by atoms with E-state index in [4.69, 9.17) is 0 Å². The number of amides is 1. The molecule has 0 atom stereocenters. The Morgan fingerprint density at radius 3 is 2.55 bits per heavy atom. The van der Waals surface area contributed by atoms with Gasteiger partial charge in [0.25, 0.3) is 0 Å². The van der Waals surface area contributed by atoms with Crippen molar-refractivity contribution in [1.82, 2.24) is 20.6 Å². The summed E-state index contributed by atoms with van der Waals surface area (Å²) in [6.45, 7) is 1.77. The number of anilines is 2. The topological polar surface area (TPSA) is 88.7 Å². The van der Waals surface area contributed by atoms with E-state index >= 15 is 0 Å². The molecule has 8 nitrogen and oxygen atoms in total. The number of benzene rings is 1. The lowest BCUT2D eigenvalue weighted by molar-refractivity contribution is -0.114. The van der Waals surface area contributed by atoms with E-state index in [9.17, 15) is 4.79 Å². The monoisotopic (exact) mass is 296 g/mol. The van der Waals surface area contributed by atoms with Crippen molar-refractivity contribution in [3.63, 3.8) is 0 Å². The first-order chi connectivity index (χ1) is 10.6. The SMILES string of the molecule is CC1=NN(c2nnn[n-]2)C(=O)/C1=C/c1ccc(N(C)C)cc1. The highest BCUT2D eigenvalue weighted by molar-refractivity contribution is 6.31. The highest BCUT2D eigenvalue weighted by Gasteiger charge is 2.26.